The van der Waals surface area contributed by atoms with Gasteiger partial charge in [-0.2, -0.15) is 5.10 Å². The molecule has 0 aliphatic carbocycles. The second-order valence-electron chi connectivity index (χ2n) is 5.87. The maximum Gasteiger partial charge on any atom is 0.334 e. The fourth-order valence-corrected chi connectivity index (χ4v) is 2.55. The van der Waals surface area contributed by atoms with Crippen LogP contribution in [0.5, 0.6) is 0 Å². The summed E-state index contributed by atoms with van der Waals surface area (Å²) < 4.78 is 7.24. The summed E-state index contributed by atoms with van der Waals surface area (Å²) in [5.41, 5.74) is 0.331. The van der Waals surface area contributed by atoms with Crippen LogP contribution >= 0.6 is 0 Å². The van der Waals surface area contributed by atoms with E-state index in [1.165, 1.54) is 0 Å². The minimum Gasteiger partial charge on any atom is -0.373 e. The lowest BCUT2D eigenvalue weighted by Gasteiger charge is -2.23. The molecule has 1 fully saturated rings. The van der Waals surface area contributed by atoms with Gasteiger partial charge in [0.1, 0.15) is 5.69 Å². The molecule has 0 bridgehead atoms. The van der Waals surface area contributed by atoms with Crippen molar-refractivity contribution in [2.45, 2.75) is 45.1 Å². The predicted octanol–water partition coefficient (Wildman–Crippen LogP) is 2.43. The molecule has 1 aliphatic heterocycles. The van der Waals surface area contributed by atoms with Gasteiger partial charge < -0.3 is 10.1 Å². The van der Waals surface area contributed by atoms with E-state index in [1.807, 2.05) is 20.8 Å². The van der Waals surface area contributed by atoms with Gasteiger partial charge in [-0.15, -0.1) is 0 Å². The highest BCUT2D eigenvalue weighted by Crippen LogP contribution is 2.34. The molecule has 0 amide bonds. The number of nitrogens with one attached hydrogen (secondary N) is 1. The SMILES string of the molecule is CC(C)c1nn(C)c(NCC2(C)CCCO2)c1[N+](=O)[O-]. The van der Waals surface area contributed by atoms with Crippen molar-refractivity contribution in [3.05, 3.63) is 15.8 Å². The Balaban J connectivity index is 2.24. The smallest absolute Gasteiger partial charge is 0.334 e. The van der Waals surface area contributed by atoms with Gasteiger partial charge in [0, 0.05) is 26.1 Å². The Morgan fingerprint density at radius 2 is 2.30 bits per heavy atom. The molecule has 20 heavy (non-hydrogen) atoms. The highest BCUT2D eigenvalue weighted by atomic mass is 16.6. The first kappa shape index (κ1) is 14.8. The Labute approximate surface area is 118 Å². The Bertz CT molecular complexity index is 504. The summed E-state index contributed by atoms with van der Waals surface area (Å²) in [5, 5.41) is 18.7. The Hall–Kier alpha value is -1.63. The third kappa shape index (κ3) is 2.77. The highest BCUT2D eigenvalue weighted by molar-refractivity contribution is 5.60. The summed E-state index contributed by atoms with van der Waals surface area (Å²) in [6.45, 7) is 7.13. The topological polar surface area (TPSA) is 82.2 Å². The second-order valence-corrected chi connectivity index (χ2v) is 5.87. The molecule has 2 heterocycles. The first-order valence-corrected chi connectivity index (χ1v) is 6.93. The molecular weight excluding hydrogens is 260 g/mol. The van der Waals surface area contributed by atoms with Crippen LogP contribution in [0.15, 0.2) is 0 Å². The van der Waals surface area contributed by atoms with Crippen LogP contribution in [0, 0.1) is 10.1 Å². The predicted molar refractivity (Wildman–Crippen MR) is 76.0 cm³/mol. The molecule has 0 radical (unpaired) electrons. The van der Waals surface area contributed by atoms with Crippen molar-refractivity contribution in [1.82, 2.24) is 9.78 Å². The van der Waals surface area contributed by atoms with E-state index >= 15 is 0 Å². The average Bonchev–Trinajstić information content (AvgIpc) is 2.91. The number of nitrogens with zero attached hydrogens (tertiary/aromatic N) is 3. The van der Waals surface area contributed by atoms with Gasteiger partial charge in [-0.3, -0.25) is 10.1 Å². The normalized spacial score (nSPS) is 22.4. The largest absolute Gasteiger partial charge is 0.373 e. The molecule has 0 spiro atoms. The van der Waals surface area contributed by atoms with Crippen molar-refractivity contribution < 1.29 is 9.66 Å². The zero-order valence-corrected chi connectivity index (χ0v) is 12.5. The first-order valence-electron chi connectivity index (χ1n) is 6.93. The van der Waals surface area contributed by atoms with E-state index in [0.717, 1.165) is 19.4 Å². The number of rotatable bonds is 5. The standard InChI is InChI=1S/C13H22N4O3/c1-9(2)10-11(17(18)19)12(16(4)15-10)14-8-13(3)6-5-7-20-13/h9,14H,5-8H2,1-4H3. The lowest BCUT2D eigenvalue weighted by Crippen LogP contribution is -2.33. The van der Waals surface area contributed by atoms with Crippen molar-refractivity contribution in [2.24, 2.45) is 7.05 Å². The van der Waals surface area contributed by atoms with Gasteiger partial charge in [0.15, 0.2) is 0 Å². The van der Waals surface area contributed by atoms with Crippen molar-refractivity contribution in [3.63, 3.8) is 0 Å². The molecule has 1 unspecified atom stereocenters. The van der Waals surface area contributed by atoms with E-state index in [-0.39, 0.29) is 22.1 Å². The minimum atomic E-state index is -0.359. The number of ether oxygens (including phenoxy) is 1. The number of nitro groups is 1. The number of hydrogen-bond acceptors (Lipinski definition) is 5. The second kappa shape index (κ2) is 5.40. The molecular formula is C13H22N4O3. The number of hydrogen-bond donors (Lipinski definition) is 1. The fraction of sp³-hybridized carbons (Fsp3) is 0.769. The van der Waals surface area contributed by atoms with Gasteiger partial charge >= 0.3 is 5.69 Å². The summed E-state index contributed by atoms with van der Waals surface area (Å²) in [7, 11) is 1.72. The third-order valence-electron chi connectivity index (χ3n) is 3.71. The minimum absolute atomic E-state index is 0.00969. The lowest BCUT2D eigenvalue weighted by atomic mass is 10.0. The zero-order chi connectivity index (χ0) is 14.9. The monoisotopic (exact) mass is 282 g/mol. The van der Waals surface area contributed by atoms with E-state index < -0.39 is 0 Å². The molecule has 1 aromatic heterocycles. The quantitative estimate of drug-likeness (QED) is 0.662. The Morgan fingerprint density at radius 1 is 1.60 bits per heavy atom. The van der Waals surface area contributed by atoms with Crippen LogP contribution in [0.3, 0.4) is 0 Å². The average molecular weight is 282 g/mol. The van der Waals surface area contributed by atoms with Gasteiger partial charge in [-0.05, 0) is 19.8 Å². The van der Waals surface area contributed by atoms with Crippen molar-refractivity contribution >= 4 is 11.5 Å². The van der Waals surface area contributed by atoms with Crippen LogP contribution in [-0.2, 0) is 11.8 Å². The highest BCUT2D eigenvalue weighted by Gasteiger charge is 2.33. The summed E-state index contributed by atoms with van der Waals surface area (Å²) >= 11 is 0. The van der Waals surface area contributed by atoms with Gasteiger partial charge in [-0.1, -0.05) is 13.8 Å². The van der Waals surface area contributed by atoms with Crippen LogP contribution in [0.1, 0.15) is 45.2 Å². The van der Waals surface area contributed by atoms with Crippen LogP contribution in [0.2, 0.25) is 0 Å². The van der Waals surface area contributed by atoms with Gasteiger partial charge in [0.2, 0.25) is 5.82 Å². The van der Waals surface area contributed by atoms with Crippen LogP contribution in [-0.4, -0.2) is 33.5 Å². The molecule has 112 valence electrons. The molecule has 2 rings (SSSR count). The molecule has 1 atom stereocenters. The number of aryl methyl sites for hydroxylation is 1. The van der Waals surface area contributed by atoms with E-state index in [0.29, 0.717) is 18.1 Å². The molecule has 7 heteroatoms. The van der Waals surface area contributed by atoms with E-state index in [9.17, 15) is 10.1 Å². The van der Waals surface area contributed by atoms with Gasteiger partial charge in [0.25, 0.3) is 0 Å². The molecule has 1 aromatic rings. The Morgan fingerprint density at radius 3 is 2.80 bits per heavy atom. The molecule has 1 saturated heterocycles. The van der Waals surface area contributed by atoms with E-state index in [1.54, 1.807) is 11.7 Å². The molecule has 1 aliphatic rings. The van der Waals surface area contributed by atoms with Gasteiger partial charge in [0.05, 0.1) is 10.5 Å². The van der Waals surface area contributed by atoms with Crippen LogP contribution < -0.4 is 5.32 Å². The zero-order valence-electron chi connectivity index (χ0n) is 12.5. The molecule has 1 N–H and O–H groups in total. The van der Waals surface area contributed by atoms with Crippen LogP contribution in [0.25, 0.3) is 0 Å². The summed E-state index contributed by atoms with van der Waals surface area (Å²) in [6, 6.07) is 0. The molecule has 7 nitrogen and oxygen atoms in total. The maximum atomic E-state index is 11.3. The van der Waals surface area contributed by atoms with Crippen molar-refractivity contribution in [3.8, 4) is 0 Å². The van der Waals surface area contributed by atoms with Gasteiger partial charge in [-0.25, -0.2) is 4.68 Å². The summed E-state index contributed by atoms with van der Waals surface area (Å²) in [5.74, 6) is 0.464. The fourth-order valence-electron chi connectivity index (χ4n) is 2.55. The van der Waals surface area contributed by atoms with E-state index in [2.05, 4.69) is 10.4 Å². The van der Waals surface area contributed by atoms with E-state index in [4.69, 9.17) is 4.74 Å². The van der Waals surface area contributed by atoms with Crippen LogP contribution in [0.4, 0.5) is 11.5 Å². The molecule has 0 aromatic carbocycles. The maximum absolute atomic E-state index is 11.3. The lowest BCUT2D eigenvalue weighted by molar-refractivity contribution is -0.384. The third-order valence-corrected chi connectivity index (χ3v) is 3.71. The van der Waals surface area contributed by atoms with Crippen molar-refractivity contribution in [1.29, 1.82) is 0 Å². The summed E-state index contributed by atoms with van der Waals surface area (Å²) in [4.78, 5) is 11.0. The summed E-state index contributed by atoms with van der Waals surface area (Å²) in [6.07, 6.45) is 1.99. The number of anilines is 1. The molecule has 0 saturated carbocycles. The first-order chi connectivity index (χ1) is 9.34. The Kier molecular flexibility index (Phi) is 3.99. The number of aromatic nitrogens is 2. The van der Waals surface area contributed by atoms with Crippen molar-refractivity contribution in [2.75, 3.05) is 18.5 Å².